The molecule has 1 rings (SSSR count). The van der Waals surface area contributed by atoms with Crippen molar-refractivity contribution in [2.45, 2.75) is 13.0 Å². The lowest BCUT2D eigenvalue weighted by Gasteiger charge is -2.16. The Morgan fingerprint density at radius 3 is 3.08 bits per heavy atom. The maximum absolute atomic E-state index is 11.1. The lowest BCUT2D eigenvalue weighted by molar-refractivity contribution is 0.214. The van der Waals surface area contributed by atoms with Crippen molar-refractivity contribution >= 4 is 6.03 Å². The Morgan fingerprint density at radius 1 is 1.77 bits per heavy atom. The summed E-state index contributed by atoms with van der Waals surface area (Å²) in [6.07, 6.45) is 0. The molecule has 0 aromatic heterocycles. The maximum atomic E-state index is 11.1. The highest BCUT2D eigenvalue weighted by Gasteiger charge is 2.18. The van der Waals surface area contributed by atoms with Crippen molar-refractivity contribution in [3.8, 4) is 0 Å². The minimum absolute atomic E-state index is 0.0125. The van der Waals surface area contributed by atoms with Gasteiger partial charge in [-0.2, -0.15) is 0 Å². The van der Waals surface area contributed by atoms with Gasteiger partial charge in [0.2, 0.25) is 0 Å². The topological polar surface area (TPSA) is 64.6 Å². The van der Waals surface area contributed by atoms with Crippen LogP contribution in [0.5, 0.6) is 0 Å². The second-order valence-corrected chi connectivity index (χ2v) is 3.26. The smallest absolute Gasteiger partial charge is 0.317 e. The van der Waals surface area contributed by atoms with Gasteiger partial charge in [-0.3, -0.25) is 0 Å². The van der Waals surface area contributed by atoms with Crippen LogP contribution in [0.15, 0.2) is 0 Å². The SMILES string of the molecule is CC(CO)NCCN1CCNC1=O. The Hall–Kier alpha value is -0.810. The predicted octanol–water partition coefficient (Wildman–Crippen LogP) is -1.02. The van der Waals surface area contributed by atoms with E-state index in [4.69, 9.17) is 5.11 Å². The molecular formula is C8H17N3O2. The number of amides is 2. The van der Waals surface area contributed by atoms with Crippen LogP contribution < -0.4 is 10.6 Å². The molecule has 1 fully saturated rings. The van der Waals surface area contributed by atoms with Gasteiger partial charge < -0.3 is 20.6 Å². The molecule has 13 heavy (non-hydrogen) atoms. The minimum Gasteiger partial charge on any atom is -0.395 e. The van der Waals surface area contributed by atoms with E-state index in [9.17, 15) is 4.79 Å². The third kappa shape index (κ3) is 3.20. The molecule has 76 valence electrons. The molecule has 0 saturated carbocycles. The number of hydrogen-bond acceptors (Lipinski definition) is 3. The van der Waals surface area contributed by atoms with Crippen LogP contribution in [0.2, 0.25) is 0 Å². The van der Waals surface area contributed by atoms with Crippen molar-refractivity contribution in [1.29, 1.82) is 0 Å². The van der Waals surface area contributed by atoms with Crippen LogP contribution in [0.3, 0.4) is 0 Å². The number of aliphatic hydroxyl groups excluding tert-OH is 1. The van der Waals surface area contributed by atoms with Gasteiger partial charge in [-0.25, -0.2) is 4.79 Å². The zero-order chi connectivity index (χ0) is 9.68. The van der Waals surface area contributed by atoms with Crippen molar-refractivity contribution in [1.82, 2.24) is 15.5 Å². The van der Waals surface area contributed by atoms with E-state index >= 15 is 0 Å². The van der Waals surface area contributed by atoms with Crippen LogP contribution in [0.1, 0.15) is 6.92 Å². The minimum atomic E-state index is 0.0125. The summed E-state index contributed by atoms with van der Waals surface area (Å²) in [4.78, 5) is 12.8. The first kappa shape index (κ1) is 10.3. The molecule has 1 heterocycles. The van der Waals surface area contributed by atoms with Gasteiger partial charge in [-0.15, -0.1) is 0 Å². The van der Waals surface area contributed by atoms with Gasteiger partial charge in [0.15, 0.2) is 0 Å². The molecule has 0 spiro atoms. The Balaban J connectivity index is 2.08. The molecule has 5 heteroatoms. The van der Waals surface area contributed by atoms with E-state index in [-0.39, 0.29) is 18.7 Å². The highest BCUT2D eigenvalue weighted by atomic mass is 16.3. The van der Waals surface area contributed by atoms with Crippen molar-refractivity contribution in [3.63, 3.8) is 0 Å². The Morgan fingerprint density at radius 2 is 2.54 bits per heavy atom. The molecule has 1 aliphatic rings. The monoisotopic (exact) mass is 187 g/mol. The molecular weight excluding hydrogens is 170 g/mol. The normalized spacial score (nSPS) is 18.9. The standard InChI is InChI=1S/C8H17N3O2/c1-7(6-12)9-2-4-11-5-3-10-8(11)13/h7,9,12H,2-6H2,1H3,(H,10,13). The molecule has 5 nitrogen and oxygen atoms in total. The maximum Gasteiger partial charge on any atom is 0.317 e. The molecule has 1 saturated heterocycles. The Labute approximate surface area is 78.1 Å². The Bertz CT molecular complexity index is 175. The van der Waals surface area contributed by atoms with E-state index in [1.807, 2.05) is 6.92 Å². The Kier molecular flexibility index (Phi) is 3.98. The van der Waals surface area contributed by atoms with Crippen LogP contribution >= 0.6 is 0 Å². The molecule has 3 N–H and O–H groups in total. The number of rotatable bonds is 5. The van der Waals surface area contributed by atoms with Gasteiger partial charge >= 0.3 is 6.03 Å². The summed E-state index contributed by atoms with van der Waals surface area (Å²) >= 11 is 0. The fourth-order valence-electron chi connectivity index (χ4n) is 1.23. The molecule has 1 aliphatic heterocycles. The lowest BCUT2D eigenvalue weighted by Crippen LogP contribution is -2.38. The molecule has 0 aromatic rings. The first-order valence-corrected chi connectivity index (χ1v) is 4.61. The quantitative estimate of drug-likeness (QED) is 0.516. The van der Waals surface area contributed by atoms with E-state index in [1.54, 1.807) is 4.90 Å². The van der Waals surface area contributed by atoms with Crippen molar-refractivity contribution in [2.24, 2.45) is 0 Å². The summed E-state index contributed by atoms with van der Waals surface area (Å²) in [5.41, 5.74) is 0. The first-order valence-electron chi connectivity index (χ1n) is 4.61. The largest absolute Gasteiger partial charge is 0.395 e. The van der Waals surface area contributed by atoms with E-state index in [1.165, 1.54) is 0 Å². The second kappa shape index (κ2) is 5.04. The molecule has 0 aliphatic carbocycles. The summed E-state index contributed by atoms with van der Waals surface area (Å²) in [5, 5.41) is 14.6. The number of urea groups is 1. The summed E-state index contributed by atoms with van der Waals surface area (Å²) in [6, 6.07) is 0.115. The van der Waals surface area contributed by atoms with Gasteiger partial charge in [0, 0.05) is 32.2 Å². The van der Waals surface area contributed by atoms with Gasteiger partial charge in [-0.05, 0) is 6.92 Å². The lowest BCUT2D eigenvalue weighted by atomic mass is 10.3. The zero-order valence-corrected chi connectivity index (χ0v) is 7.92. The average Bonchev–Trinajstić information content (AvgIpc) is 2.52. The molecule has 2 amide bonds. The molecule has 0 bridgehead atoms. The van der Waals surface area contributed by atoms with Crippen LogP contribution in [-0.2, 0) is 0 Å². The van der Waals surface area contributed by atoms with Crippen LogP contribution in [-0.4, -0.2) is 54.9 Å². The number of carbonyl (C=O) groups is 1. The first-order chi connectivity index (χ1) is 6.24. The third-order valence-electron chi connectivity index (χ3n) is 2.09. The second-order valence-electron chi connectivity index (χ2n) is 3.26. The van der Waals surface area contributed by atoms with E-state index in [0.717, 1.165) is 19.6 Å². The summed E-state index contributed by atoms with van der Waals surface area (Å²) in [6.45, 7) is 5.00. The van der Waals surface area contributed by atoms with Gasteiger partial charge in [0.1, 0.15) is 0 Å². The van der Waals surface area contributed by atoms with Crippen molar-refractivity contribution in [3.05, 3.63) is 0 Å². The van der Waals surface area contributed by atoms with Crippen molar-refractivity contribution < 1.29 is 9.90 Å². The highest BCUT2D eigenvalue weighted by Crippen LogP contribution is 1.94. The van der Waals surface area contributed by atoms with Gasteiger partial charge in [-0.1, -0.05) is 0 Å². The summed E-state index contributed by atoms with van der Waals surface area (Å²) < 4.78 is 0. The zero-order valence-electron chi connectivity index (χ0n) is 7.92. The molecule has 1 unspecified atom stereocenters. The third-order valence-corrected chi connectivity index (χ3v) is 2.09. The van der Waals surface area contributed by atoms with Crippen LogP contribution in [0.25, 0.3) is 0 Å². The molecule has 0 aromatic carbocycles. The highest BCUT2D eigenvalue weighted by molar-refractivity contribution is 5.76. The van der Waals surface area contributed by atoms with Crippen molar-refractivity contribution in [2.75, 3.05) is 32.8 Å². The number of aliphatic hydroxyl groups is 1. The summed E-state index contributed by atoms with van der Waals surface area (Å²) in [5.74, 6) is 0. The fraction of sp³-hybridized carbons (Fsp3) is 0.875. The van der Waals surface area contributed by atoms with Crippen LogP contribution in [0.4, 0.5) is 4.79 Å². The predicted molar refractivity (Wildman–Crippen MR) is 49.5 cm³/mol. The molecule has 1 atom stereocenters. The van der Waals surface area contributed by atoms with E-state index < -0.39 is 0 Å². The average molecular weight is 187 g/mol. The molecule has 0 radical (unpaired) electrons. The van der Waals surface area contributed by atoms with Gasteiger partial charge in [0.25, 0.3) is 0 Å². The van der Waals surface area contributed by atoms with Gasteiger partial charge in [0.05, 0.1) is 6.61 Å². The summed E-state index contributed by atoms with van der Waals surface area (Å²) in [7, 11) is 0. The van der Waals surface area contributed by atoms with E-state index in [2.05, 4.69) is 10.6 Å². The number of nitrogens with zero attached hydrogens (tertiary/aromatic N) is 1. The fourth-order valence-corrected chi connectivity index (χ4v) is 1.23. The number of nitrogens with one attached hydrogen (secondary N) is 2. The number of hydrogen-bond donors (Lipinski definition) is 3. The van der Waals surface area contributed by atoms with Crippen LogP contribution in [0, 0.1) is 0 Å². The number of carbonyl (C=O) groups excluding carboxylic acids is 1. The van der Waals surface area contributed by atoms with E-state index in [0.29, 0.717) is 6.54 Å².